The molecule has 1 aliphatic rings. The van der Waals surface area contributed by atoms with Crippen LogP contribution in [0.1, 0.15) is 38.8 Å². The molecule has 6 heteroatoms. The number of carbonyl (C=O) groups excluding carboxylic acids is 2. The molecule has 0 unspecified atom stereocenters. The highest BCUT2D eigenvalue weighted by Gasteiger charge is 2.30. The van der Waals surface area contributed by atoms with Crippen molar-refractivity contribution in [3.63, 3.8) is 0 Å². The van der Waals surface area contributed by atoms with Crippen LogP contribution in [-0.4, -0.2) is 60.2 Å². The van der Waals surface area contributed by atoms with E-state index in [9.17, 15) is 9.59 Å². The van der Waals surface area contributed by atoms with Gasteiger partial charge < -0.3 is 14.4 Å². The Morgan fingerprint density at radius 3 is 2.27 bits per heavy atom. The summed E-state index contributed by atoms with van der Waals surface area (Å²) in [5.74, 6) is -0.232. The van der Waals surface area contributed by atoms with Crippen LogP contribution in [0, 0.1) is 0 Å². The number of ether oxygens (including phenoxy) is 2. The Morgan fingerprint density at radius 1 is 1.12 bits per heavy atom. The van der Waals surface area contributed by atoms with E-state index in [2.05, 4.69) is 16.6 Å². The molecule has 1 aliphatic heterocycles. The number of methoxy groups -OCH3 is 1. The van der Waals surface area contributed by atoms with E-state index in [4.69, 9.17) is 4.74 Å². The number of benzene rings is 1. The molecule has 0 bridgehead atoms. The number of carbonyl (C=O) groups is 2. The van der Waals surface area contributed by atoms with E-state index in [0.29, 0.717) is 13.0 Å². The standard InChI is InChI=1S/C20H30N2O4/c1-15-13-21(10-11-22(15)19(24)26-20(2,3)4)14-17-8-6-16(7-9-17)12-18(23)25-5/h6-9,15H,10-14H2,1-5H3/t15-/m0/s1. The van der Waals surface area contributed by atoms with Gasteiger partial charge in [0.15, 0.2) is 0 Å². The summed E-state index contributed by atoms with van der Waals surface area (Å²) in [5.41, 5.74) is 1.67. The number of esters is 1. The van der Waals surface area contributed by atoms with E-state index in [1.807, 2.05) is 45.0 Å². The average Bonchev–Trinajstić information content (AvgIpc) is 2.55. The second-order valence-corrected chi connectivity index (χ2v) is 7.83. The lowest BCUT2D eigenvalue weighted by molar-refractivity contribution is -0.139. The van der Waals surface area contributed by atoms with Gasteiger partial charge in [0.2, 0.25) is 0 Å². The number of nitrogens with zero attached hydrogens (tertiary/aromatic N) is 2. The van der Waals surface area contributed by atoms with E-state index in [1.54, 1.807) is 4.90 Å². The fourth-order valence-corrected chi connectivity index (χ4v) is 3.03. The molecular weight excluding hydrogens is 332 g/mol. The molecule has 2 rings (SSSR count). The number of amides is 1. The van der Waals surface area contributed by atoms with Crippen LogP contribution in [0.2, 0.25) is 0 Å². The van der Waals surface area contributed by atoms with Gasteiger partial charge in [-0.1, -0.05) is 24.3 Å². The molecule has 1 fully saturated rings. The molecule has 1 aromatic rings. The number of rotatable bonds is 4. The highest BCUT2D eigenvalue weighted by Crippen LogP contribution is 2.17. The molecule has 0 aliphatic carbocycles. The summed E-state index contributed by atoms with van der Waals surface area (Å²) >= 11 is 0. The first kappa shape index (κ1) is 20.2. The van der Waals surface area contributed by atoms with Gasteiger partial charge in [0.05, 0.1) is 13.5 Å². The van der Waals surface area contributed by atoms with Gasteiger partial charge in [-0.05, 0) is 38.8 Å². The molecule has 1 amide bonds. The van der Waals surface area contributed by atoms with Crippen LogP contribution in [0.15, 0.2) is 24.3 Å². The molecule has 26 heavy (non-hydrogen) atoms. The summed E-state index contributed by atoms with van der Waals surface area (Å²) in [6.07, 6.45) is 0.0550. The van der Waals surface area contributed by atoms with Crippen LogP contribution in [0.4, 0.5) is 4.79 Å². The lowest BCUT2D eigenvalue weighted by Gasteiger charge is -2.40. The summed E-state index contributed by atoms with van der Waals surface area (Å²) < 4.78 is 10.2. The number of hydrogen-bond acceptors (Lipinski definition) is 5. The van der Waals surface area contributed by atoms with Gasteiger partial charge in [-0.15, -0.1) is 0 Å². The summed E-state index contributed by atoms with van der Waals surface area (Å²) in [5, 5.41) is 0. The molecule has 1 saturated heterocycles. The maximum absolute atomic E-state index is 12.3. The predicted octanol–water partition coefficient (Wildman–Crippen LogP) is 2.84. The van der Waals surface area contributed by atoms with Crippen molar-refractivity contribution in [2.75, 3.05) is 26.7 Å². The topological polar surface area (TPSA) is 59.1 Å². The van der Waals surface area contributed by atoms with E-state index in [-0.39, 0.29) is 18.1 Å². The van der Waals surface area contributed by atoms with Crippen molar-refractivity contribution in [3.05, 3.63) is 35.4 Å². The van der Waals surface area contributed by atoms with Crippen molar-refractivity contribution in [1.82, 2.24) is 9.80 Å². The molecule has 0 radical (unpaired) electrons. The summed E-state index contributed by atoms with van der Waals surface area (Å²) in [6, 6.07) is 8.13. The Morgan fingerprint density at radius 2 is 1.73 bits per heavy atom. The molecule has 1 atom stereocenters. The van der Waals surface area contributed by atoms with Crippen molar-refractivity contribution < 1.29 is 19.1 Å². The largest absolute Gasteiger partial charge is 0.469 e. The van der Waals surface area contributed by atoms with Crippen molar-refractivity contribution in [3.8, 4) is 0 Å². The van der Waals surface area contributed by atoms with E-state index in [0.717, 1.165) is 25.2 Å². The van der Waals surface area contributed by atoms with Crippen molar-refractivity contribution in [2.24, 2.45) is 0 Å². The molecule has 144 valence electrons. The third-order valence-corrected chi connectivity index (χ3v) is 4.34. The van der Waals surface area contributed by atoms with Gasteiger partial charge in [-0.3, -0.25) is 9.69 Å². The fraction of sp³-hybridized carbons (Fsp3) is 0.600. The Balaban J connectivity index is 1.87. The zero-order valence-corrected chi connectivity index (χ0v) is 16.4. The van der Waals surface area contributed by atoms with Gasteiger partial charge in [0.1, 0.15) is 5.60 Å². The second-order valence-electron chi connectivity index (χ2n) is 7.83. The van der Waals surface area contributed by atoms with Gasteiger partial charge in [0, 0.05) is 32.2 Å². The molecule has 1 heterocycles. The Hall–Kier alpha value is -2.08. The first-order valence-electron chi connectivity index (χ1n) is 9.04. The Labute approximate surface area is 156 Å². The van der Waals surface area contributed by atoms with E-state index in [1.165, 1.54) is 12.7 Å². The van der Waals surface area contributed by atoms with E-state index >= 15 is 0 Å². The Bertz CT molecular complexity index is 622. The zero-order valence-electron chi connectivity index (χ0n) is 16.4. The predicted molar refractivity (Wildman–Crippen MR) is 99.8 cm³/mol. The van der Waals surface area contributed by atoms with Crippen LogP contribution in [-0.2, 0) is 27.2 Å². The quantitative estimate of drug-likeness (QED) is 0.771. The lowest BCUT2D eigenvalue weighted by Crippen LogP contribution is -2.54. The minimum Gasteiger partial charge on any atom is -0.469 e. The van der Waals surface area contributed by atoms with Crippen LogP contribution < -0.4 is 0 Å². The Kier molecular flexibility index (Phi) is 6.64. The summed E-state index contributed by atoms with van der Waals surface area (Å²) in [6.45, 7) is 10.8. The van der Waals surface area contributed by atoms with Gasteiger partial charge in [-0.25, -0.2) is 4.79 Å². The molecule has 0 aromatic heterocycles. The molecular formula is C20H30N2O4. The van der Waals surface area contributed by atoms with Crippen LogP contribution in [0.25, 0.3) is 0 Å². The van der Waals surface area contributed by atoms with Crippen molar-refractivity contribution in [2.45, 2.75) is 52.3 Å². The third kappa shape index (κ3) is 6.02. The highest BCUT2D eigenvalue weighted by molar-refractivity contribution is 5.72. The summed E-state index contributed by atoms with van der Waals surface area (Å²) in [7, 11) is 1.40. The molecule has 1 aromatic carbocycles. The summed E-state index contributed by atoms with van der Waals surface area (Å²) in [4.78, 5) is 27.7. The maximum Gasteiger partial charge on any atom is 0.410 e. The third-order valence-electron chi connectivity index (χ3n) is 4.34. The monoisotopic (exact) mass is 362 g/mol. The van der Waals surface area contributed by atoms with Crippen molar-refractivity contribution >= 4 is 12.1 Å². The molecule has 0 N–H and O–H groups in total. The SMILES string of the molecule is COC(=O)Cc1ccc(CN2CCN(C(=O)OC(C)(C)C)[C@@H](C)C2)cc1. The lowest BCUT2D eigenvalue weighted by atomic mass is 10.1. The number of hydrogen-bond donors (Lipinski definition) is 0. The van der Waals surface area contributed by atoms with Gasteiger partial charge >= 0.3 is 12.1 Å². The first-order valence-corrected chi connectivity index (χ1v) is 9.04. The highest BCUT2D eigenvalue weighted by atomic mass is 16.6. The normalized spacial score (nSPS) is 18.5. The van der Waals surface area contributed by atoms with Crippen LogP contribution in [0.5, 0.6) is 0 Å². The minimum atomic E-state index is -0.472. The molecule has 0 spiro atoms. The van der Waals surface area contributed by atoms with Crippen molar-refractivity contribution in [1.29, 1.82) is 0 Å². The van der Waals surface area contributed by atoms with Crippen LogP contribution >= 0.6 is 0 Å². The molecule has 6 nitrogen and oxygen atoms in total. The average molecular weight is 362 g/mol. The maximum atomic E-state index is 12.3. The second kappa shape index (κ2) is 8.54. The molecule has 0 saturated carbocycles. The minimum absolute atomic E-state index is 0.109. The number of piperazine rings is 1. The van der Waals surface area contributed by atoms with Crippen LogP contribution in [0.3, 0.4) is 0 Å². The van der Waals surface area contributed by atoms with Gasteiger partial charge in [-0.2, -0.15) is 0 Å². The smallest absolute Gasteiger partial charge is 0.410 e. The van der Waals surface area contributed by atoms with Gasteiger partial charge in [0.25, 0.3) is 0 Å². The first-order chi connectivity index (χ1) is 12.2. The zero-order chi connectivity index (χ0) is 19.3. The van der Waals surface area contributed by atoms with E-state index < -0.39 is 5.60 Å². The fourth-order valence-electron chi connectivity index (χ4n) is 3.03.